The Balaban J connectivity index is 1.44. The molecule has 0 spiro atoms. The summed E-state index contributed by atoms with van der Waals surface area (Å²) in [6.07, 6.45) is 8.95. The highest BCUT2D eigenvalue weighted by Crippen LogP contribution is 2.50. The SMILES string of the molecule is O=c1[nH]ccnc1NC1(c2ccccc2OCCNC2CCC2)CC1. The normalized spacial score (nSPS) is 18.4. The predicted molar refractivity (Wildman–Crippen MR) is 97.0 cm³/mol. The van der Waals surface area contributed by atoms with Crippen LogP contribution in [0.5, 0.6) is 5.75 Å². The summed E-state index contributed by atoms with van der Waals surface area (Å²) in [4.78, 5) is 18.8. The van der Waals surface area contributed by atoms with Crippen molar-refractivity contribution in [3.05, 3.63) is 52.6 Å². The molecule has 2 aliphatic carbocycles. The largest absolute Gasteiger partial charge is 0.492 e. The quantitative estimate of drug-likeness (QED) is 0.643. The van der Waals surface area contributed by atoms with Crippen LogP contribution >= 0.6 is 0 Å². The van der Waals surface area contributed by atoms with Gasteiger partial charge in [-0.1, -0.05) is 24.6 Å². The third-order valence-electron chi connectivity index (χ3n) is 5.12. The summed E-state index contributed by atoms with van der Waals surface area (Å²) < 4.78 is 6.04. The van der Waals surface area contributed by atoms with E-state index in [-0.39, 0.29) is 11.1 Å². The highest BCUT2D eigenvalue weighted by Gasteiger charge is 2.47. The average Bonchev–Trinajstić information content (AvgIpc) is 3.36. The number of anilines is 1. The summed E-state index contributed by atoms with van der Waals surface area (Å²) >= 11 is 0. The number of rotatable bonds is 8. The summed E-state index contributed by atoms with van der Waals surface area (Å²) in [6, 6.07) is 8.75. The molecule has 6 heteroatoms. The fourth-order valence-electron chi connectivity index (χ4n) is 3.28. The zero-order valence-electron chi connectivity index (χ0n) is 14.3. The Labute approximate surface area is 147 Å². The van der Waals surface area contributed by atoms with Gasteiger partial charge < -0.3 is 20.4 Å². The number of hydrogen-bond acceptors (Lipinski definition) is 5. The van der Waals surface area contributed by atoms with E-state index in [1.165, 1.54) is 19.3 Å². The topological polar surface area (TPSA) is 79.0 Å². The second kappa shape index (κ2) is 6.88. The summed E-state index contributed by atoms with van der Waals surface area (Å²) in [7, 11) is 0. The molecule has 25 heavy (non-hydrogen) atoms. The predicted octanol–water partition coefficient (Wildman–Crippen LogP) is 2.39. The molecular formula is C19H24N4O2. The Kier molecular flexibility index (Phi) is 4.44. The molecule has 132 valence electrons. The van der Waals surface area contributed by atoms with Gasteiger partial charge in [-0.3, -0.25) is 4.79 Å². The minimum atomic E-state index is -0.251. The lowest BCUT2D eigenvalue weighted by molar-refractivity contribution is 0.273. The maximum atomic E-state index is 11.9. The van der Waals surface area contributed by atoms with Crippen LogP contribution in [0.15, 0.2) is 41.5 Å². The van der Waals surface area contributed by atoms with Crippen LogP contribution in [0, 0.1) is 0 Å². The van der Waals surface area contributed by atoms with Gasteiger partial charge in [-0.15, -0.1) is 0 Å². The van der Waals surface area contributed by atoms with Gasteiger partial charge in [-0.05, 0) is 31.7 Å². The minimum absolute atomic E-state index is 0.197. The van der Waals surface area contributed by atoms with Gasteiger partial charge in [0.15, 0.2) is 5.82 Å². The smallest absolute Gasteiger partial charge is 0.290 e. The first-order valence-electron chi connectivity index (χ1n) is 9.04. The molecule has 1 heterocycles. The Morgan fingerprint density at radius 1 is 1.28 bits per heavy atom. The molecular weight excluding hydrogens is 316 g/mol. The lowest BCUT2D eigenvalue weighted by atomic mass is 9.93. The van der Waals surface area contributed by atoms with Gasteiger partial charge in [0.25, 0.3) is 5.56 Å². The van der Waals surface area contributed by atoms with Crippen LogP contribution in [0.4, 0.5) is 5.82 Å². The van der Waals surface area contributed by atoms with E-state index in [1.807, 2.05) is 18.2 Å². The molecule has 2 fully saturated rings. The maximum Gasteiger partial charge on any atom is 0.290 e. The molecule has 1 aromatic carbocycles. The van der Waals surface area contributed by atoms with Crippen molar-refractivity contribution in [3.8, 4) is 5.75 Å². The molecule has 0 radical (unpaired) electrons. The molecule has 2 aromatic rings. The van der Waals surface area contributed by atoms with Crippen LogP contribution in [0.1, 0.15) is 37.7 Å². The number of nitrogens with one attached hydrogen (secondary N) is 3. The fourth-order valence-corrected chi connectivity index (χ4v) is 3.28. The number of H-pyrrole nitrogens is 1. The first-order chi connectivity index (χ1) is 12.3. The van der Waals surface area contributed by atoms with E-state index in [2.05, 4.69) is 26.7 Å². The van der Waals surface area contributed by atoms with E-state index in [4.69, 9.17) is 4.74 Å². The Morgan fingerprint density at radius 3 is 2.84 bits per heavy atom. The Morgan fingerprint density at radius 2 is 2.12 bits per heavy atom. The number of aromatic amines is 1. The van der Waals surface area contributed by atoms with E-state index < -0.39 is 0 Å². The van der Waals surface area contributed by atoms with Crippen molar-refractivity contribution in [2.24, 2.45) is 0 Å². The molecule has 0 bridgehead atoms. The maximum absolute atomic E-state index is 11.9. The molecule has 0 unspecified atom stereocenters. The zero-order valence-corrected chi connectivity index (χ0v) is 14.3. The zero-order chi connectivity index (χ0) is 17.1. The first kappa shape index (κ1) is 16.1. The monoisotopic (exact) mass is 340 g/mol. The van der Waals surface area contributed by atoms with Gasteiger partial charge in [0.1, 0.15) is 12.4 Å². The molecule has 4 rings (SSSR count). The van der Waals surface area contributed by atoms with Gasteiger partial charge >= 0.3 is 0 Å². The molecule has 0 atom stereocenters. The van der Waals surface area contributed by atoms with Crippen molar-refractivity contribution in [2.75, 3.05) is 18.5 Å². The highest BCUT2D eigenvalue weighted by molar-refractivity contribution is 5.50. The van der Waals surface area contributed by atoms with Gasteiger partial charge in [0, 0.05) is 30.5 Å². The molecule has 0 amide bonds. The Bertz CT molecular complexity index is 781. The van der Waals surface area contributed by atoms with E-state index >= 15 is 0 Å². The van der Waals surface area contributed by atoms with Crippen molar-refractivity contribution < 1.29 is 4.74 Å². The number of aromatic nitrogens is 2. The van der Waals surface area contributed by atoms with Crippen LogP contribution in [0.25, 0.3) is 0 Å². The van der Waals surface area contributed by atoms with Crippen molar-refractivity contribution in [1.82, 2.24) is 15.3 Å². The van der Waals surface area contributed by atoms with Crippen LogP contribution in [0.2, 0.25) is 0 Å². The van der Waals surface area contributed by atoms with Crippen molar-refractivity contribution in [3.63, 3.8) is 0 Å². The average molecular weight is 340 g/mol. The summed E-state index contributed by atoms with van der Waals surface area (Å²) in [6.45, 7) is 1.51. The number of benzene rings is 1. The highest BCUT2D eigenvalue weighted by atomic mass is 16.5. The van der Waals surface area contributed by atoms with E-state index in [0.29, 0.717) is 18.5 Å². The van der Waals surface area contributed by atoms with Gasteiger partial charge in [0.2, 0.25) is 0 Å². The second-order valence-electron chi connectivity index (χ2n) is 6.90. The second-order valence-corrected chi connectivity index (χ2v) is 6.90. The lowest BCUT2D eigenvalue weighted by Crippen LogP contribution is -2.37. The van der Waals surface area contributed by atoms with E-state index in [1.54, 1.807) is 12.4 Å². The van der Waals surface area contributed by atoms with E-state index in [9.17, 15) is 4.79 Å². The summed E-state index contributed by atoms with van der Waals surface area (Å²) in [5.41, 5.74) is 0.653. The minimum Gasteiger partial charge on any atom is -0.492 e. The van der Waals surface area contributed by atoms with Crippen LogP contribution < -0.4 is 20.9 Å². The third kappa shape index (κ3) is 3.54. The molecule has 0 aliphatic heterocycles. The standard InChI is InChI=1S/C19H24N4O2/c24-18-17(21-10-11-22-18)23-19(8-9-19)15-6-1-2-7-16(15)25-13-12-20-14-4-3-5-14/h1-2,6-7,10-11,14,20H,3-5,8-9,12-13H2,(H,21,23)(H,22,24). The van der Waals surface area contributed by atoms with Crippen LogP contribution in [-0.2, 0) is 5.54 Å². The number of ether oxygens (including phenoxy) is 1. The molecule has 2 aliphatic rings. The molecule has 6 nitrogen and oxygen atoms in total. The van der Waals surface area contributed by atoms with Crippen molar-refractivity contribution in [1.29, 1.82) is 0 Å². The van der Waals surface area contributed by atoms with E-state index in [0.717, 1.165) is 30.7 Å². The van der Waals surface area contributed by atoms with Gasteiger partial charge in [0.05, 0.1) is 5.54 Å². The number of hydrogen-bond donors (Lipinski definition) is 3. The fraction of sp³-hybridized carbons (Fsp3) is 0.474. The number of nitrogens with zero attached hydrogens (tertiary/aromatic N) is 1. The van der Waals surface area contributed by atoms with Gasteiger partial charge in [-0.25, -0.2) is 4.98 Å². The van der Waals surface area contributed by atoms with Crippen molar-refractivity contribution >= 4 is 5.82 Å². The van der Waals surface area contributed by atoms with Gasteiger partial charge in [-0.2, -0.15) is 0 Å². The lowest BCUT2D eigenvalue weighted by Gasteiger charge is -2.26. The molecule has 2 saturated carbocycles. The molecule has 1 aromatic heterocycles. The first-order valence-corrected chi connectivity index (χ1v) is 9.04. The number of para-hydroxylation sites is 1. The molecule has 0 saturated heterocycles. The van der Waals surface area contributed by atoms with Crippen LogP contribution in [0.3, 0.4) is 0 Å². The summed E-state index contributed by atoms with van der Waals surface area (Å²) in [5, 5.41) is 6.85. The van der Waals surface area contributed by atoms with Crippen LogP contribution in [-0.4, -0.2) is 29.2 Å². The third-order valence-corrected chi connectivity index (χ3v) is 5.12. The molecule has 3 N–H and O–H groups in total. The Hall–Kier alpha value is -2.34. The van der Waals surface area contributed by atoms with Crippen molar-refractivity contribution in [2.45, 2.75) is 43.7 Å². The summed E-state index contributed by atoms with van der Waals surface area (Å²) in [5.74, 6) is 1.25.